The van der Waals surface area contributed by atoms with Crippen LogP contribution in [0.3, 0.4) is 0 Å². The van der Waals surface area contributed by atoms with Gasteiger partial charge in [0.15, 0.2) is 0 Å². The second-order valence-corrected chi connectivity index (χ2v) is 6.58. The standard InChI is InChI=1S/C21H28FN3O3/c22-6-9-27-11-13-28-12-10-26-8-1-7-25-20-4-2-16(23)14-18(20)19-15-17(24)3-5-21(19)25/h2-5,14-15H,1,6-13,23-24H2. The largest absolute Gasteiger partial charge is 0.399 e. The molecule has 2 aromatic carbocycles. The summed E-state index contributed by atoms with van der Waals surface area (Å²) in [5.74, 6) is 0. The van der Waals surface area contributed by atoms with E-state index in [1.54, 1.807) is 0 Å². The summed E-state index contributed by atoms with van der Waals surface area (Å²) >= 11 is 0. The van der Waals surface area contributed by atoms with Gasteiger partial charge in [-0.25, -0.2) is 4.39 Å². The Balaban J connectivity index is 1.49. The van der Waals surface area contributed by atoms with Crippen LogP contribution in [0.4, 0.5) is 15.8 Å². The number of aryl methyl sites for hydroxylation is 1. The predicted molar refractivity (Wildman–Crippen MR) is 111 cm³/mol. The molecule has 3 aromatic rings. The van der Waals surface area contributed by atoms with E-state index < -0.39 is 6.67 Å². The van der Waals surface area contributed by atoms with Gasteiger partial charge >= 0.3 is 0 Å². The summed E-state index contributed by atoms with van der Waals surface area (Å²) in [5, 5.41) is 2.23. The minimum atomic E-state index is -0.462. The molecule has 0 bridgehead atoms. The molecule has 0 spiro atoms. The van der Waals surface area contributed by atoms with Crippen LogP contribution in [0.1, 0.15) is 6.42 Å². The first-order valence-corrected chi connectivity index (χ1v) is 9.57. The molecule has 0 amide bonds. The van der Waals surface area contributed by atoms with Gasteiger partial charge in [-0.1, -0.05) is 0 Å². The topological polar surface area (TPSA) is 84.7 Å². The van der Waals surface area contributed by atoms with E-state index in [2.05, 4.69) is 16.7 Å². The number of rotatable bonds is 12. The van der Waals surface area contributed by atoms with Crippen LogP contribution in [-0.4, -0.2) is 50.9 Å². The molecule has 1 heterocycles. The molecule has 7 heteroatoms. The Morgan fingerprint density at radius 1 is 0.714 bits per heavy atom. The maximum Gasteiger partial charge on any atom is 0.113 e. The first-order valence-electron chi connectivity index (χ1n) is 9.57. The number of nitrogens with zero attached hydrogens (tertiary/aromatic N) is 1. The molecule has 4 N–H and O–H groups in total. The molecule has 0 atom stereocenters. The highest BCUT2D eigenvalue weighted by atomic mass is 19.1. The van der Waals surface area contributed by atoms with E-state index in [-0.39, 0.29) is 6.61 Å². The number of anilines is 2. The normalized spacial score (nSPS) is 11.6. The monoisotopic (exact) mass is 389 g/mol. The zero-order valence-electron chi connectivity index (χ0n) is 16.0. The van der Waals surface area contributed by atoms with E-state index in [0.29, 0.717) is 33.0 Å². The molecule has 152 valence electrons. The number of benzene rings is 2. The number of hydrogen-bond donors (Lipinski definition) is 2. The highest BCUT2D eigenvalue weighted by Crippen LogP contribution is 2.32. The van der Waals surface area contributed by atoms with Crippen LogP contribution in [0.5, 0.6) is 0 Å². The fourth-order valence-corrected chi connectivity index (χ4v) is 3.30. The van der Waals surface area contributed by atoms with Crippen LogP contribution >= 0.6 is 0 Å². The van der Waals surface area contributed by atoms with Gasteiger partial charge in [0.05, 0.1) is 33.0 Å². The summed E-state index contributed by atoms with van der Waals surface area (Å²) < 4.78 is 30.1. The molecule has 0 saturated heterocycles. The van der Waals surface area contributed by atoms with Gasteiger partial charge in [-0.05, 0) is 42.8 Å². The molecular weight excluding hydrogens is 361 g/mol. The summed E-state index contributed by atoms with van der Waals surface area (Å²) in [6, 6.07) is 12.0. The van der Waals surface area contributed by atoms with Crippen molar-refractivity contribution in [2.24, 2.45) is 0 Å². The van der Waals surface area contributed by atoms with Crippen molar-refractivity contribution in [3.63, 3.8) is 0 Å². The van der Waals surface area contributed by atoms with Crippen molar-refractivity contribution in [2.45, 2.75) is 13.0 Å². The molecule has 1 aromatic heterocycles. The van der Waals surface area contributed by atoms with Gasteiger partial charge in [-0.3, -0.25) is 0 Å². The van der Waals surface area contributed by atoms with E-state index >= 15 is 0 Å². The van der Waals surface area contributed by atoms with Gasteiger partial charge in [0, 0.05) is 46.3 Å². The van der Waals surface area contributed by atoms with Gasteiger partial charge in [-0.15, -0.1) is 0 Å². The molecule has 0 fully saturated rings. The average molecular weight is 389 g/mol. The second-order valence-electron chi connectivity index (χ2n) is 6.58. The first-order chi connectivity index (χ1) is 13.7. The fourth-order valence-electron chi connectivity index (χ4n) is 3.30. The summed E-state index contributed by atoms with van der Waals surface area (Å²) in [5.41, 5.74) is 15.7. The van der Waals surface area contributed by atoms with Crippen LogP contribution in [0.15, 0.2) is 36.4 Å². The molecule has 3 rings (SSSR count). The van der Waals surface area contributed by atoms with Crippen LogP contribution in [0.2, 0.25) is 0 Å². The fraction of sp³-hybridized carbons (Fsp3) is 0.429. The molecule has 0 radical (unpaired) electrons. The summed E-state index contributed by atoms with van der Waals surface area (Å²) in [6.45, 7) is 3.05. The van der Waals surface area contributed by atoms with Gasteiger partial charge in [0.2, 0.25) is 0 Å². The SMILES string of the molecule is Nc1ccc2c(c1)c1cc(N)ccc1n2CCCOCCOCCOCCF. The van der Waals surface area contributed by atoms with Crippen molar-refractivity contribution in [2.75, 3.05) is 57.8 Å². The molecule has 0 aliphatic carbocycles. The number of alkyl halides is 1. The van der Waals surface area contributed by atoms with Gasteiger partial charge in [0.25, 0.3) is 0 Å². The molecule has 28 heavy (non-hydrogen) atoms. The average Bonchev–Trinajstić information content (AvgIpc) is 2.98. The Morgan fingerprint density at radius 3 is 1.75 bits per heavy atom. The van der Waals surface area contributed by atoms with Crippen LogP contribution < -0.4 is 11.5 Å². The van der Waals surface area contributed by atoms with E-state index in [4.69, 9.17) is 25.7 Å². The Hall–Kier alpha value is -2.35. The second kappa shape index (κ2) is 10.3. The van der Waals surface area contributed by atoms with Crippen molar-refractivity contribution >= 4 is 33.2 Å². The van der Waals surface area contributed by atoms with Crippen molar-refractivity contribution in [3.8, 4) is 0 Å². The van der Waals surface area contributed by atoms with Crippen molar-refractivity contribution in [3.05, 3.63) is 36.4 Å². The van der Waals surface area contributed by atoms with Gasteiger partial charge in [-0.2, -0.15) is 0 Å². The molecule has 0 saturated carbocycles. The minimum absolute atomic E-state index is 0.127. The maximum absolute atomic E-state index is 11.9. The summed E-state index contributed by atoms with van der Waals surface area (Å²) in [4.78, 5) is 0. The number of aromatic nitrogens is 1. The zero-order chi connectivity index (χ0) is 19.8. The van der Waals surface area contributed by atoms with E-state index in [9.17, 15) is 4.39 Å². The number of halogens is 1. The number of fused-ring (bicyclic) bond motifs is 3. The predicted octanol–water partition coefficient (Wildman–Crippen LogP) is 3.37. The lowest BCUT2D eigenvalue weighted by Crippen LogP contribution is -2.11. The van der Waals surface area contributed by atoms with E-state index in [1.165, 1.54) is 0 Å². The van der Waals surface area contributed by atoms with E-state index in [1.807, 2.05) is 24.3 Å². The number of nitrogens with two attached hydrogens (primary N) is 2. The van der Waals surface area contributed by atoms with Crippen LogP contribution in [0.25, 0.3) is 21.8 Å². The van der Waals surface area contributed by atoms with Gasteiger partial charge < -0.3 is 30.2 Å². The Morgan fingerprint density at radius 2 is 1.21 bits per heavy atom. The number of nitrogen functional groups attached to an aromatic ring is 2. The highest BCUT2D eigenvalue weighted by molar-refractivity contribution is 6.09. The van der Waals surface area contributed by atoms with Gasteiger partial charge in [0.1, 0.15) is 6.67 Å². The maximum atomic E-state index is 11.9. The summed E-state index contributed by atoms with van der Waals surface area (Å²) in [6.07, 6.45) is 0.882. The van der Waals surface area contributed by atoms with Crippen molar-refractivity contribution in [1.29, 1.82) is 0 Å². The number of ether oxygens (including phenoxy) is 3. The molecule has 0 unspecified atom stereocenters. The highest BCUT2D eigenvalue weighted by Gasteiger charge is 2.11. The lowest BCUT2D eigenvalue weighted by atomic mass is 10.1. The summed E-state index contributed by atoms with van der Waals surface area (Å²) in [7, 11) is 0. The van der Waals surface area contributed by atoms with Crippen molar-refractivity contribution < 1.29 is 18.6 Å². The molecule has 0 aliphatic rings. The van der Waals surface area contributed by atoms with E-state index in [0.717, 1.165) is 46.1 Å². The van der Waals surface area contributed by atoms with Crippen LogP contribution in [-0.2, 0) is 20.8 Å². The minimum Gasteiger partial charge on any atom is -0.399 e. The molecular formula is C21H28FN3O3. The Labute approximate surface area is 164 Å². The lowest BCUT2D eigenvalue weighted by Gasteiger charge is -2.09. The van der Waals surface area contributed by atoms with Crippen LogP contribution in [0, 0.1) is 0 Å². The van der Waals surface area contributed by atoms with Crippen molar-refractivity contribution in [1.82, 2.24) is 4.57 Å². The third-order valence-corrected chi connectivity index (χ3v) is 4.55. The third kappa shape index (κ3) is 5.13. The quantitative estimate of drug-likeness (QED) is 0.366. The third-order valence-electron chi connectivity index (χ3n) is 4.55. The first kappa shape index (κ1) is 20.4. The lowest BCUT2D eigenvalue weighted by molar-refractivity contribution is 0.0116. The smallest absolute Gasteiger partial charge is 0.113 e. The number of hydrogen-bond acceptors (Lipinski definition) is 5. The molecule has 0 aliphatic heterocycles. The Kier molecular flexibility index (Phi) is 7.47. The Bertz CT molecular complexity index is 838. The molecule has 6 nitrogen and oxygen atoms in total. The zero-order valence-corrected chi connectivity index (χ0v) is 16.0.